The van der Waals surface area contributed by atoms with Gasteiger partial charge < -0.3 is 10.4 Å². The van der Waals surface area contributed by atoms with E-state index in [4.69, 9.17) is 11.6 Å². The van der Waals surface area contributed by atoms with Gasteiger partial charge in [0.1, 0.15) is 5.75 Å². The number of hydrogen-bond acceptors (Lipinski definition) is 5. The third kappa shape index (κ3) is 3.52. The fourth-order valence-corrected chi connectivity index (χ4v) is 3.03. The summed E-state index contributed by atoms with van der Waals surface area (Å²) in [6, 6.07) is 7.04. The van der Waals surface area contributed by atoms with Gasteiger partial charge in [0, 0.05) is 9.90 Å². The molecule has 0 aliphatic rings. The molecule has 0 aliphatic heterocycles. The Morgan fingerprint density at radius 2 is 2.30 bits per heavy atom. The highest BCUT2D eigenvalue weighted by Crippen LogP contribution is 2.31. The van der Waals surface area contributed by atoms with Crippen LogP contribution in [0, 0.1) is 6.92 Å². The number of thiophene rings is 1. The summed E-state index contributed by atoms with van der Waals surface area (Å²) in [7, 11) is 0. The number of carbonyl (C=O) groups is 1. The number of nitrogens with zero attached hydrogens (tertiary/aromatic N) is 3. The van der Waals surface area contributed by atoms with E-state index in [-0.39, 0.29) is 17.1 Å². The number of nitrogens with one attached hydrogen (secondary N) is 1. The van der Waals surface area contributed by atoms with Crippen molar-refractivity contribution in [1.82, 2.24) is 15.0 Å². The number of hydrogen-bond donors (Lipinski definition) is 2. The molecule has 0 radical (unpaired) electrons. The van der Waals surface area contributed by atoms with Crippen LogP contribution in [0.4, 0.5) is 5.69 Å². The van der Waals surface area contributed by atoms with E-state index >= 15 is 0 Å². The third-order valence-electron chi connectivity index (χ3n) is 3.18. The minimum absolute atomic E-state index is 0.0197. The van der Waals surface area contributed by atoms with Gasteiger partial charge in [-0.2, -0.15) is 0 Å². The van der Waals surface area contributed by atoms with Gasteiger partial charge in [0.2, 0.25) is 0 Å². The zero-order valence-electron chi connectivity index (χ0n) is 12.2. The van der Waals surface area contributed by atoms with Crippen LogP contribution in [-0.4, -0.2) is 26.0 Å². The summed E-state index contributed by atoms with van der Waals surface area (Å²) in [5.41, 5.74) is 0.987. The van der Waals surface area contributed by atoms with Gasteiger partial charge in [-0.1, -0.05) is 22.9 Å². The molecule has 0 saturated heterocycles. The first kappa shape index (κ1) is 15.5. The number of anilines is 1. The lowest BCUT2D eigenvalue weighted by molar-refractivity contribution is 0.102. The monoisotopic (exact) mass is 348 g/mol. The highest BCUT2D eigenvalue weighted by Gasteiger charge is 2.15. The Kier molecular flexibility index (Phi) is 4.31. The van der Waals surface area contributed by atoms with Crippen LogP contribution >= 0.6 is 22.9 Å². The number of benzene rings is 1. The van der Waals surface area contributed by atoms with Crippen molar-refractivity contribution in [3.63, 3.8) is 0 Å². The van der Waals surface area contributed by atoms with E-state index in [0.717, 1.165) is 4.88 Å². The quantitative estimate of drug-likeness (QED) is 0.709. The fraction of sp³-hybridized carbons (Fsp3) is 0.133. The number of aromatic hydroxyl groups is 1. The van der Waals surface area contributed by atoms with Crippen LogP contribution in [0.25, 0.3) is 0 Å². The van der Waals surface area contributed by atoms with Gasteiger partial charge in [0.05, 0.1) is 18.4 Å². The van der Waals surface area contributed by atoms with Crippen molar-refractivity contribution >= 4 is 34.5 Å². The predicted molar refractivity (Wildman–Crippen MR) is 89.3 cm³/mol. The summed E-state index contributed by atoms with van der Waals surface area (Å²) in [4.78, 5) is 13.3. The lowest BCUT2D eigenvalue weighted by Gasteiger charge is -2.08. The van der Waals surface area contributed by atoms with Gasteiger partial charge in [0.25, 0.3) is 5.91 Å². The van der Waals surface area contributed by atoms with E-state index in [2.05, 4.69) is 15.6 Å². The van der Waals surface area contributed by atoms with Crippen LogP contribution in [0.1, 0.15) is 20.9 Å². The molecule has 118 valence electrons. The Morgan fingerprint density at radius 1 is 1.48 bits per heavy atom. The second-order valence-electron chi connectivity index (χ2n) is 4.95. The molecular formula is C15H13ClN4O2S. The first-order valence-corrected chi connectivity index (χ1v) is 8.01. The molecule has 0 saturated carbocycles. The largest absolute Gasteiger partial charge is 0.505 e. The number of phenolic OH excluding ortho intramolecular Hbond substituents is 1. The van der Waals surface area contributed by atoms with E-state index in [1.165, 1.54) is 6.07 Å². The topological polar surface area (TPSA) is 80.0 Å². The second kappa shape index (κ2) is 6.39. The van der Waals surface area contributed by atoms with Gasteiger partial charge >= 0.3 is 0 Å². The average Bonchev–Trinajstić information content (AvgIpc) is 3.16. The third-order valence-corrected chi connectivity index (χ3v) is 4.26. The van der Waals surface area contributed by atoms with Crippen molar-refractivity contribution in [2.24, 2.45) is 0 Å². The van der Waals surface area contributed by atoms with E-state index in [1.54, 1.807) is 35.2 Å². The van der Waals surface area contributed by atoms with Crippen molar-refractivity contribution in [3.05, 3.63) is 57.0 Å². The molecule has 0 atom stereocenters. The van der Waals surface area contributed by atoms with Crippen molar-refractivity contribution in [3.8, 4) is 5.75 Å². The summed E-state index contributed by atoms with van der Waals surface area (Å²) in [6.07, 6.45) is 1.56. The molecule has 0 fully saturated rings. The van der Waals surface area contributed by atoms with Gasteiger partial charge in [0.15, 0.2) is 5.69 Å². The Labute approximate surface area is 141 Å². The Morgan fingerprint density at radius 3 is 3.04 bits per heavy atom. The van der Waals surface area contributed by atoms with Crippen LogP contribution in [-0.2, 0) is 6.54 Å². The molecule has 3 aromatic rings. The number of rotatable bonds is 4. The summed E-state index contributed by atoms with van der Waals surface area (Å²) < 4.78 is 1.59. The molecule has 3 rings (SSSR count). The smallest absolute Gasteiger partial charge is 0.277 e. The molecule has 2 N–H and O–H groups in total. The lowest BCUT2D eigenvalue weighted by Crippen LogP contribution is -2.12. The number of amides is 1. The molecule has 1 amide bonds. The number of aromatic nitrogens is 3. The SMILES string of the molecule is Cc1cc(Cl)cc(NC(=O)c2cn(Cc3cccs3)nn2)c1O. The average molecular weight is 349 g/mol. The molecule has 1 aromatic carbocycles. The maximum atomic E-state index is 12.2. The second-order valence-corrected chi connectivity index (χ2v) is 6.42. The summed E-state index contributed by atoms with van der Waals surface area (Å²) in [6.45, 7) is 2.26. The van der Waals surface area contributed by atoms with E-state index in [9.17, 15) is 9.90 Å². The van der Waals surface area contributed by atoms with Crippen LogP contribution in [0.5, 0.6) is 5.75 Å². The maximum absolute atomic E-state index is 12.2. The van der Waals surface area contributed by atoms with Gasteiger partial charge in [-0.3, -0.25) is 4.79 Å². The van der Waals surface area contributed by atoms with Crippen molar-refractivity contribution in [1.29, 1.82) is 0 Å². The standard InChI is InChI=1S/C15H13ClN4O2S/c1-9-5-10(16)6-12(14(9)21)17-15(22)13-8-20(19-18-13)7-11-3-2-4-23-11/h2-6,8,21H,7H2,1H3,(H,17,22). The van der Waals surface area contributed by atoms with Crippen LogP contribution in [0.15, 0.2) is 35.8 Å². The highest BCUT2D eigenvalue weighted by atomic mass is 35.5. The number of halogens is 1. The molecule has 0 aliphatic carbocycles. The first-order chi connectivity index (χ1) is 11.0. The van der Waals surface area contributed by atoms with Gasteiger partial charge in [-0.05, 0) is 36.1 Å². The van der Waals surface area contributed by atoms with E-state index < -0.39 is 5.91 Å². The Hall–Kier alpha value is -2.38. The summed E-state index contributed by atoms with van der Waals surface area (Å²) >= 11 is 7.55. The Balaban J connectivity index is 1.75. The minimum Gasteiger partial charge on any atom is -0.505 e. The predicted octanol–water partition coefficient (Wildman–Crippen LogP) is 3.31. The maximum Gasteiger partial charge on any atom is 0.277 e. The molecule has 2 aromatic heterocycles. The minimum atomic E-state index is -0.459. The molecule has 8 heteroatoms. The molecule has 0 bridgehead atoms. The molecule has 0 spiro atoms. The van der Waals surface area contributed by atoms with Gasteiger partial charge in [-0.25, -0.2) is 4.68 Å². The first-order valence-electron chi connectivity index (χ1n) is 6.76. The van der Waals surface area contributed by atoms with Crippen molar-refractivity contribution < 1.29 is 9.90 Å². The lowest BCUT2D eigenvalue weighted by atomic mass is 10.2. The highest BCUT2D eigenvalue weighted by molar-refractivity contribution is 7.09. The normalized spacial score (nSPS) is 10.7. The fourth-order valence-electron chi connectivity index (χ4n) is 2.06. The van der Waals surface area contributed by atoms with Crippen LogP contribution in [0.3, 0.4) is 0 Å². The van der Waals surface area contributed by atoms with Crippen molar-refractivity contribution in [2.75, 3.05) is 5.32 Å². The molecule has 23 heavy (non-hydrogen) atoms. The molecule has 6 nitrogen and oxygen atoms in total. The van der Waals surface area contributed by atoms with Gasteiger partial charge in [-0.15, -0.1) is 16.4 Å². The van der Waals surface area contributed by atoms with Crippen LogP contribution in [0.2, 0.25) is 5.02 Å². The molecular weight excluding hydrogens is 336 g/mol. The summed E-state index contributed by atoms with van der Waals surface area (Å²) in [5.74, 6) is -0.479. The molecule has 2 heterocycles. The van der Waals surface area contributed by atoms with E-state index in [1.807, 2.05) is 17.5 Å². The number of phenols is 1. The molecule has 0 unspecified atom stereocenters. The zero-order valence-corrected chi connectivity index (χ0v) is 13.7. The number of carbonyl (C=O) groups excluding carboxylic acids is 1. The Bertz CT molecular complexity index is 845. The zero-order chi connectivity index (χ0) is 16.4. The van der Waals surface area contributed by atoms with Crippen molar-refractivity contribution in [2.45, 2.75) is 13.5 Å². The van der Waals surface area contributed by atoms with E-state index in [0.29, 0.717) is 17.1 Å². The summed E-state index contributed by atoms with van der Waals surface area (Å²) in [5, 5.41) is 22.8. The number of aryl methyl sites for hydroxylation is 1. The van der Waals surface area contributed by atoms with Crippen LogP contribution < -0.4 is 5.32 Å².